The molecule has 1 aromatic carbocycles. The van der Waals surface area contributed by atoms with Crippen molar-refractivity contribution in [2.24, 2.45) is 23.3 Å². The highest BCUT2D eigenvalue weighted by atomic mass is 16.6. The quantitative estimate of drug-likeness (QED) is 0.0195. The number of hydrazine groups is 1. The van der Waals surface area contributed by atoms with Gasteiger partial charge in [0.1, 0.15) is 42.5 Å². The molecule has 77 heavy (non-hydrogen) atoms. The minimum absolute atomic E-state index is 0.0801. The van der Waals surface area contributed by atoms with Crippen LogP contribution in [0.3, 0.4) is 0 Å². The van der Waals surface area contributed by atoms with Crippen LogP contribution in [0.1, 0.15) is 112 Å². The number of urea groups is 1. The Morgan fingerprint density at radius 1 is 0.883 bits per heavy atom. The average Bonchev–Trinajstić information content (AvgIpc) is 4.16. The summed E-state index contributed by atoms with van der Waals surface area (Å²) in [6.45, 7) is 12.8. The zero-order valence-electron chi connectivity index (χ0n) is 45.3. The number of hydrogen-bond acceptors (Lipinski definition) is 15. The molecule has 3 aliphatic heterocycles. The SMILES string of the molecule is CC(=O)N[C@@H](CCCCN)C(=O)N[C@H](C(=O)N[C@H](CCCNC(N)=O)C(=O)Nc1ccc(COC(=O)NNC(=O)C[C@@H]2C[C@@]3(CO3)[C@H](O)[C@@H](/C=C/C(C)=C/C[C@@H]3O[C@H](C)[C@H](NC(=O)/C=C\[C@H](C)O)C[C@@H]3C)O2)cc1)C(C)C. The molecule has 12 atom stereocenters. The molecule has 428 valence electrons. The number of anilines is 1. The summed E-state index contributed by atoms with van der Waals surface area (Å²) in [4.78, 5) is 102. The van der Waals surface area contributed by atoms with Crippen molar-refractivity contribution in [3.05, 3.63) is 65.8 Å². The van der Waals surface area contributed by atoms with Gasteiger partial charge < -0.3 is 72.5 Å². The number of nitrogens with two attached hydrogens (primary N) is 2. The highest BCUT2D eigenvalue weighted by molar-refractivity contribution is 5.99. The fraction of sp³-hybridized carbons (Fsp3) is 0.623. The number of unbranched alkanes of at least 4 members (excludes halogenated alkanes) is 1. The number of hydrogen-bond donors (Lipinski definition) is 12. The molecular weight excluding hydrogens is 1000 g/mol. The minimum atomic E-state index is -1.11. The Kier molecular flexibility index (Phi) is 25.5. The first kappa shape index (κ1) is 63.1. The fourth-order valence-electron chi connectivity index (χ4n) is 8.91. The largest absolute Gasteiger partial charge is 0.443 e. The maximum Gasteiger partial charge on any atom is 0.426 e. The Morgan fingerprint density at radius 2 is 1.57 bits per heavy atom. The van der Waals surface area contributed by atoms with Crippen LogP contribution in [0.4, 0.5) is 15.3 Å². The number of carbonyl (C=O) groups excluding carboxylic acids is 8. The average molecular weight is 1080 g/mol. The molecule has 3 saturated heterocycles. The molecule has 0 bridgehead atoms. The van der Waals surface area contributed by atoms with Gasteiger partial charge in [-0.3, -0.25) is 34.2 Å². The van der Waals surface area contributed by atoms with E-state index < -0.39 is 95.7 Å². The van der Waals surface area contributed by atoms with Gasteiger partial charge in [0, 0.05) is 31.7 Å². The normalized spacial score (nSPS) is 24.7. The van der Waals surface area contributed by atoms with Crippen LogP contribution in [0.2, 0.25) is 0 Å². The molecule has 0 aliphatic carbocycles. The molecule has 3 heterocycles. The smallest absolute Gasteiger partial charge is 0.426 e. The predicted octanol–water partition coefficient (Wildman–Crippen LogP) is 1.40. The molecule has 0 aromatic heterocycles. The molecule has 0 unspecified atom stereocenters. The highest BCUT2D eigenvalue weighted by Gasteiger charge is 2.58. The number of allylic oxidation sites excluding steroid dienone is 2. The maximum atomic E-state index is 13.7. The van der Waals surface area contributed by atoms with Crippen molar-refractivity contribution in [2.75, 3.05) is 25.0 Å². The topological polar surface area (TPSA) is 366 Å². The van der Waals surface area contributed by atoms with Crippen LogP contribution in [-0.2, 0) is 54.3 Å². The Morgan fingerprint density at radius 3 is 2.21 bits per heavy atom. The van der Waals surface area contributed by atoms with E-state index in [0.29, 0.717) is 50.1 Å². The van der Waals surface area contributed by atoms with Crippen molar-refractivity contribution >= 4 is 53.3 Å². The Hall–Kier alpha value is -6.44. The first-order valence-corrected chi connectivity index (χ1v) is 26.4. The van der Waals surface area contributed by atoms with Crippen molar-refractivity contribution in [2.45, 2.75) is 179 Å². The molecule has 0 radical (unpaired) electrons. The number of rotatable bonds is 27. The predicted molar refractivity (Wildman–Crippen MR) is 284 cm³/mol. The number of primary amides is 1. The van der Waals surface area contributed by atoms with Gasteiger partial charge in [-0.15, -0.1) is 0 Å². The summed E-state index contributed by atoms with van der Waals surface area (Å²) < 4.78 is 23.4. The Bertz CT molecular complexity index is 2250. The monoisotopic (exact) mass is 1080 g/mol. The zero-order chi connectivity index (χ0) is 56.8. The van der Waals surface area contributed by atoms with Gasteiger partial charge in [0.25, 0.3) is 0 Å². The zero-order valence-corrected chi connectivity index (χ0v) is 45.3. The third-order valence-electron chi connectivity index (χ3n) is 13.4. The number of nitrogens with one attached hydrogen (secondary N) is 8. The molecule has 0 saturated carbocycles. The lowest BCUT2D eigenvalue weighted by Crippen LogP contribution is -2.57. The summed E-state index contributed by atoms with van der Waals surface area (Å²) in [6, 6.07) is 2.29. The summed E-state index contributed by atoms with van der Waals surface area (Å²) in [7, 11) is 0. The molecule has 24 nitrogen and oxygen atoms in total. The lowest BCUT2D eigenvalue weighted by atomic mass is 9.87. The molecule has 3 fully saturated rings. The lowest BCUT2D eigenvalue weighted by molar-refractivity contribution is -0.145. The van der Waals surface area contributed by atoms with E-state index in [-0.39, 0.29) is 68.9 Å². The van der Waals surface area contributed by atoms with E-state index >= 15 is 0 Å². The van der Waals surface area contributed by atoms with Crippen LogP contribution in [0.25, 0.3) is 0 Å². The summed E-state index contributed by atoms with van der Waals surface area (Å²) in [5.41, 5.74) is 16.3. The number of carbonyl (C=O) groups is 8. The molecule has 1 spiro atoms. The molecule has 9 amide bonds. The summed E-state index contributed by atoms with van der Waals surface area (Å²) in [5, 5.41) is 36.8. The van der Waals surface area contributed by atoms with Crippen LogP contribution in [0.5, 0.6) is 0 Å². The second kappa shape index (κ2) is 31.1. The van der Waals surface area contributed by atoms with E-state index in [9.17, 15) is 48.6 Å². The van der Waals surface area contributed by atoms with Crippen molar-refractivity contribution < 1.29 is 67.5 Å². The number of epoxide rings is 1. The van der Waals surface area contributed by atoms with E-state index in [1.54, 1.807) is 51.1 Å². The second-order valence-corrected chi connectivity index (χ2v) is 20.5. The van der Waals surface area contributed by atoms with Crippen LogP contribution in [0.15, 0.2) is 60.2 Å². The summed E-state index contributed by atoms with van der Waals surface area (Å²) in [6.07, 6.45) is 7.30. The summed E-state index contributed by atoms with van der Waals surface area (Å²) in [5.74, 6) is -3.32. The van der Waals surface area contributed by atoms with E-state index in [1.807, 2.05) is 26.0 Å². The Balaban J connectivity index is 1.24. The van der Waals surface area contributed by atoms with Crippen molar-refractivity contribution in [3.8, 4) is 0 Å². The maximum absolute atomic E-state index is 13.7. The van der Waals surface area contributed by atoms with Crippen LogP contribution < -0.4 is 54.2 Å². The first-order valence-electron chi connectivity index (χ1n) is 26.4. The van der Waals surface area contributed by atoms with Crippen LogP contribution >= 0.6 is 0 Å². The van der Waals surface area contributed by atoms with Gasteiger partial charge in [0.15, 0.2) is 0 Å². The van der Waals surface area contributed by atoms with Gasteiger partial charge in [0.05, 0.1) is 43.5 Å². The lowest BCUT2D eigenvalue weighted by Gasteiger charge is -2.39. The standard InChI is InChI=1S/C53H82N10O14/c1-30(2)46(61-49(70)39(57-35(7)65)11-8-9-23-54)50(71)60-40(12-10-24-56-51(55)72)48(69)58-37-18-16-36(17-19-37)28-74-52(73)63-62-45(67)26-38-27-53(29-75-53)47(68)43(77-38)21-14-31(3)13-20-42-32(4)25-41(34(6)76-42)59-44(66)22-15-33(5)64/h13-19,21-22,30,32-34,38-43,46-47,64,68H,8-12,20,23-29,54H2,1-7H3,(H,57,65)(H,58,69)(H,59,66)(H,60,71)(H,61,70)(H,62,67)(H,63,73)(H3,55,56,72)/b21-14+,22-15-,31-13+/t32-,33-,34+,38+,39-,40+,41+,42-,43+,46-,47+,53+/m0/s1. The molecule has 3 aliphatic rings. The Labute approximate surface area is 450 Å². The number of aliphatic hydroxyl groups is 2. The molecule has 4 rings (SSSR count). The van der Waals surface area contributed by atoms with Gasteiger partial charge in [0.2, 0.25) is 35.4 Å². The molecule has 1 aromatic rings. The number of aliphatic hydroxyl groups excluding tert-OH is 2. The summed E-state index contributed by atoms with van der Waals surface area (Å²) >= 11 is 0. The van der Waals surface area contributed by atoms with Crippen LogP contribution in [-0.4, -0.2) is 144 Å². The minimum Gasteiger partial charge on any atom is -0.443 e. The van der Waals surface area contributed by atoms with Gasteiger partial charge in [-0.1, -0.05) is 62.8 Å². The highest BCUT2D eigenvalue weighted by Crippen LogP contribution is 2.43. The van der Waals surface area contributed by atoms with Gasteiger partial charge >= 0.3 is 12.1 Å². The first-order chi connectivity index (χ1) is 36.5. The fourth-order valence-corrected chi connectivity index (χ4v) is 8.91. The molecular formula is C53H82N10O14. The number of ether oxygens (including phenoxy) is 4. The second-order valence-electron chi connectivity index (χ2n) is 20.5. The van der Waals surface area contributed by atoms with E-state index in [2.05, 4.69) is 49.7 Å². The van der Waals surface area contributed by atoms with E-state index in [4.69, 9.17) is 30.4 Å². The van der Waals surface area contributed by atoms with Gasteiger partial charge in [-0.25, -0.2) is 15.0 Å². The van der Waals surface area contributed by atoms with Crippen molar-refractivity contribution in [1.29, 1.82) is 0 Å². The number of amides is 9. The third kappa shape index (κ3) is 21.8. The van der Waals surface area contributed by atoms with Crippen molar-refractivity contribution in [3.63, 3.8) is 0 Å². The van der Waals surface area contributed by atoms with Crippen LogP contribution in [0, 0.1) is 11.8 Å². The molecule has 24 heteroatoms. The van der Waals surface area contributed by atoms with Gasteiger partial charge in [-0.2, -0.15) is 0 Å². The number of benzene rings is 1. The van der Waals surface area contributed by atoms with Gasteiger partial charge in [-0.05, 0) is 102 Å². The molecule has 14 N–H and O–H groups in total. The third-order valence-corrected chi connectivity index (χ3v) is 13.4. The van der Waals surface area contributed by atoms with Crippen molar-refractivity contribution in [1.82, 2.24) is 37.4 Å². The van der Waals surface area contributed by atoms with E-state index in [0.717, 1.165) is 12.0 Å². The van der Waals surface area contributed by atoms with E-state index in [1.165, 1.54) is 19.1 Å².